The molecule has 1 aromatic rings. The lowest BCUT2D eigenvalue weighted by Crippen LogP contribution is -1.99. The van der Waals surface area contributed by atoms with Gasteiger partial charge in [-0.3, -0.25) is 0 Å². The molecule has 0 aliphatic carbocycles. The first-order valence-corrected chi connectivity index (χ1v) is 7.44. The third-order valence-electron chi connectivity index (χ3n) is 1.58. The summed E-state index contributed by atoms with van der Waals surface area (Å²) < 4.78 is 22.7. The number of rotatable bonds is 4. The summed E-state index contributed by atoms with van der Waals surface area (Å²) in [6, 6.07) is 6.96. The van der Waals surface area contributed by atoms with E-state index in [0.29, 0.717) is 16.5 Å². The van der Waals surface area contributed by atoms with Crippen LogP contribution in [0.4, 0.5) is 0 Å². The zero-order chi connectivity index (χ0) is 10.6. The monoisotopic (exact) mass is 250 g/mol. The van der Waals surface area contributed by atoms with Crippen LogP contribution in [0.5, 0.6) is 0 Å². The van der Waals surface area contributed by atoms with E-state index in [9.17, 15) is 8.42 Å². The first-order valence-electron chi connectivity index (χ1n) is 4.03. The number of halogens is 1. The molecule has 0 unspecified atom stereocenters. The molecule has 0 aliphatic rings. The number of hydrogen-bond acceptors (Lipinski definition) is 3. The molecule has 1 aromatic carbocycles. The smallest absolute Gasteiger partial charge is 0.176 e. The van der Waals surface area contributed by atoms with E-state index in [1.54, 1.807) is 18.2 Å². The van der Waals surface area contributed by atoms with Gasteiger partial charge in [0.15, 0.2) is 9.84 Å². The van der Waals surface area contributed by atoms with E-state index >= 15 is 0 Å². The van der Waals surface area contributed by atoms with Crippen molar-refractivity contribution in [1.29, 1.82) is 0 Å². The van der Waals surface area contributed by atoms with Gasteiger partial charge in [0, 0.05) is 22.8 Å². The average molecular weight is 251 g/mol. The lowest BCUT2D eigenvalue weighted by atomic mass is 10.4. The fourth-order valence-electron chi connectivity index (χ4n) is 1.02. The first-order chi connectivity index (χ1) is 6.55. The van der Waals surface area contributed by atoms with E-state index in [1.165, 1.54) is 18.0 Å². The number of alkyl halides is 1. The Hall–Kier alpha value is -0.190. The summed E-state index contributed by atoms with van der Waals surface area (Å²) in [4.78, 5) is 1.16. The molecule has 5 heteroatoms. The van der Waals surface area contributed by atoms with Crippen molar-refractivity contribution in [3.8, 4) is 0 Å². The van der Waals surface area contributed by atoms with E-state index in [2.05, 4.69) is 0 Å². The summed E-state index contributed by atoms with van der Waals surface area (Å²) in [5.41, 5.74) is 0. The fraction of sp³-hybridized carbons (Fsp3) is 0.333. The average Bonchev–Trinajstić information content (AvgIpc) is 2.14. The summed E-state index contributed by atoms with van der Waals surface area (Å²) in [5.74, 6) is 1.23. The summed E-state index contributed by atoms with van der Waals surface area (Å²) in [5, 5.41) is 0. The van der Waals surface area contributed by atoms with Crippen LogP contribution in [0.1, 0.15) is 0 Å². The van der Waals surface area contributed by atoms with Crippen molar-refractivity contribution < 1.29 is 8.42 Å². The lowest BCUT2D eigenvalue weighted by molar-refractivity contribution is 0.600. The Morgan fingerprint density at radius 3 is 2.57 bits per heavy atom. The van der Waals surface area contributed by atoms with Gasteiger partial charge in [-0.05, 0) is 12.1 Å². The van der Waals surface area contributed by atoms with Crippen molar-refractivity contribution in [3.05, 3.63) is 24.3 Å². The van der Waals surface area contributed by atoms with Crippen LogP contribution in [0.25, 0.3) is 0 Å². The minimum Gasteiger partial charge on any atom is -0.224 e. The predicted octanol–water partition coefficient (Wildman–Crippen LogP) is 2.42. The first kappa shape index (κ1) is 11.9. The molecule has 0 heterocycles. The normalized spacial score (nSPS) is 11.6. The molecule has 1 rings (SSSR count). The summed E-state index contributed by atoms with van der Waals surface area (Å²) >= 11 is 7.01. The number of sulfone groups is 1. The summed E-state index contributed by atoms with van der Waals surface area (Å²) in [6.45, 7) is 0. The minimum atomic E-state index is -3.13. The molecule has 0 saturated carbocycles. The van der Waals surface area contributed by atoms with E-state index in [-0.39, 0.29) is 0 Å². The lowest BCUT2D eigenvalue weighted by Gasteiger charge is -2.05. The molecule has 0 bridgehead atoms. The molecule has 0 aliphatic heterocycles. The number of hydrogen-bond donors (Lipinski definition) is 0. The van der Waals surface area contributed by atoms with Gasteiger partial charge in [-0.1, -0.05) is 12.1 Å². The quantitative estimate of drug-likeness (QED) is 0.608. The van der Waals surface area contributed by atoms with Crippen molar-refractivity contribution in [3.63, 3.8) is 0 Å². The molecule has 0 atom stereocenters. The van der Waals surface area contributed by atoms with Gasteiger partial charge in [0.05, 0.1) is 4.90 Å². The van der Waals surface area contributed by atoms with Crippen LogP contribution in [-0.2, 0) is 9.84 Å². The summed E-state index contributed by atoms with van der Waals surface area (Å²) in [6.07, 6.45) is 1.22. The zero-order valence-corrected chi connectivity index (χ0v) is 10.1. The van der Waals surface area contributed by atoms with Crippen LogP contribution < -0.4 is 0 Å². The highest BCUT2D eigenvalue weighted by Crippen LogP contribution is 2.26. The van der Waals surface area contributed by atoms with Gasteiger partial charge in [0.1, 0.15) is 0 Å². The molecular weight excluding hydrogens is 240 g/mol. The molecule has 0 aromatic heterocycles. The second-order valence-electron chi connectivity index (χ2n) is 2.76. The Kier molecular flexibility index (Phi) is 4.29. The Bertz CT molecular complexity index is 401. The van der Waals surface area contributed by atoms with Crippen molar-refractivity contribution in [2.45, 2.75) is 9.79 Å². The Morgan fingerprint density at radius 1 is 1.36 bits per heavy atom. The Morgan fingerprint density at radius 2 is 2.00 bits per heavy atom. The molecule has 0 fully saturated rings. The third-order valence-corrected chi connectivity index (χ3v) is 4.36. The number of benzene rings is 1. The fourth-order valence-corrected chi connectivity index (χ4v) is 3.33. The van der Waals surface area contributed by atoms with E-state index in [4.69, 9.17) is 11.6 Å². The van der Waals surface area contributed by atoms with Crippen LogP contribution in [0.3, 0.4) is 0 Å². The molecule has 0 radical (unpaired) electrons. The Balaban J connectivity index is 3.04. The molecule has 0 N–H and O–H groups in total. The third kappa shape index (κ3) is 3.19. The minimum absolute atomic E-state index is 0.384. The highest BCUT2D eigenvalue weighted by molar-refractivity contribution is 8.00. The highest BCUT2D eigenvalue weighted by atomic mass is 35.5. The van der Waals surface area contributed by atoms with Crippen molar-refractivity contribution >= 4 is 33.2 Å². The predicted molar refractivity (Wildman–Crippen MR) is 61.0 cm³/mol. The van der Waals surface area contributed by atoms with Gasteiger partial charge in [0.2, 0.25) is 0 Å². The second kappa shape index (κ2) is 5.05. The largest absolute Gasteiger partial charge is 0.224 e. The topological polar surface area (TPSA) is 34.1 Å². The highest BCUT2D eigenvalue weighted by Gasteiger charge is 2.11. The van der Waals surface area contributed by atoms with Crippen LogP contribution >= 0.6 is 23.4 Å². The van der Waals surface area contributed by atoms with Crippen LogP contribution in [0.15, 0.2) is 34.1 Å². The van der Waals surface area contributed by atoms with Crippen LogP contribution in [0.2, 0.25) is 0 Å². The van der Waals surface area contributed by atoms with Gasteiger partial charge in [-0.25, -0.2) is 8.42 Å². The van der Waals surface area contributed by atoms with Gasteiger partial charge in [-0.15, -0.1) is 23.4 Å². The maximum Gasteiger partial charge on any atom is 0.176 e. The maximum atomic E-state index is 11.4. The number of thioether (sulfide) groups is 1. The molecule has 14 heavy (non-hydrogen) atoms. The standard InChI is InChI=1S/C9H11ClO2S2/c1-14(11,12)9-5-3-2-4-8(9)13-7-6-10/h2-5H,6-7H2,1H3. The zero-order valence-electron chi connectivity index (χ0n) is 7.73. The Labute approximate surface area is 93.6 Å². The molecule has 2 nitrogen and oxygen atoms in total. The van der Waals surface area contributed by atoms with Crippen molar-refractivity contribution in [2.75, 3.05) is 17.9 Å². The molecule has 0 spiro atoms. The molecule has 78 valence electrons. The van der Waals surface area contributed by atoms with Crippen LogP contribution in [-0.4, -0.2) is 26.3 Å². The summed E-state index contributed by atoms with van der Waals surface area (Å²) in [7, 11) is -3.13. The van der Waals surface area contributed by atoms with Crippen LogP contribution in [0, 0.1) is 0 Å². The molecule has 0 amide bonds. The van der Waals surface area contributed by atoms with Gasteiger partial charge < -0.3 is 0 Å². The molecular formula is C9H11ClO2S2. The van der Waals surface area contributed by atoms with Gasteiger partial charge in [-0.2, -0.15) is 0 Å². The van der Waals surface area contributed by atoms with Crippen molar-refractivity contribution in [2.24, 2.45) is 0 Å². The van der Waals surface area contributed by atoms with Gasteiger partial charge >= 0.3 is 0 Å². The van der Waals surface area contributed by atoms with E-state index in [1.807, 2.05) is 6.07 Å². The molecule has 0 saturated heterocycles. The van der Waals surface area contributed by atoms with E-state index < -0.39 is 9.84 Å². The van der Waals surface area contributed by atoms with E-state index in [0.717, 1.165) is 4.90 Å². The van der Waals surface area contributed by atoms with Gasteiger partial charge in [0.25, 0.3) is 0 Å². The maximum absolute atomic E-state index is 11.4. The van der Waals surface area contributed by atoms with Crippen molar-refractivity contribution in [1.82, 2.24) is 0 Å². The SMILES string of the molecule is CS(=O)(=O)c1ccccc1SCCCl. The second-order valence-corrected chi connectivity index (χ2v) is 6.26.